The summed E-state index contributed by atoms with van der Waals surface area (Å²) in [4.78, 5) is 11.8. The van der Waals surface area contributed by atoms with E-state index >= 15 is 0 Å². The number of aliphatic hydroxyl groups excluding tert-OH is 1. The number of amides is 1. The lowest BCUT2D eigenvalue weighted by Gasteiger charge is -2.40. The molecule has 5 nitrogen and oxygen atoms in total. The second-order valence-electron chi connectivity index (χ2n) is 15.8. The molecule has 1 aromatic carbocycles. The number of allylic oxidation sites excluding steroid dienone is 2. The van der Waals surface area contributed by atoms with Gasteiger partial charge in [0.25, 0.3) is 0 Å². The highest BCUT2D eigenvalue weighted by Gasteiger charge is 2.47. The molecule has 0 unspecified atom stereocenters. The van der Waals surface area contributed by atoms with E-state index in [0.29, 0.717) is 19.4 Å². The number of nitrogens with one attached hydrogen (secondary N) is 1. The molecule has 0 saturated heterocycles. The van der Waals surface area contributed by atoms with Gasteiger partial charge in [-0.25, -0.2) is 0 Å². The molecule has 1 saturated carbocycles. The maximum absolute atomic E-state index is 11.8. The Balaban J connectivity index is 2.30. The predicted molar refractivity (Wildman–Crippen MR) is 192 cm³/mol. The maximum Gasteiger partial charge on any atom is 0.219 e. The minimum atomic E-state index is -2.04. The van der Waals surface area contributed by atoms with E-state index in [0.717, 1.165) is 32.1 Å². The lowest BCUT2D eigenvalue weighted by molar-refractivity contribution is -0.121. The maximum atomic E-state index is 11.8. The molecule has 0 spiro atoms. The first-order chi connectivity index (χ1) is 20.4. The van der Waals surface area contributed by atoms with Gasteiger partial charge in [-0.05, 0) is 93.2 Å². The molecular formula is C37H65NO4Si2. The number of unbranched alkanes of at least 4 members (excludes halogenated alkanes) is 1. The van der Waals surface area contributed by atoms with Crippen molar-refractivity contribution in [2.24, 2.45) is 11.8 Å². The number of carbonyl (C=O) groups excluding carboxylic acids is 1. The third-order valence-electron chi connectivity index (χ3n) is 10.2. The van der Waals surface area contributed by atoms with Crippen LogP contribution < -0.4 is 5.32 Å². The lowest BCUT2D eigenvalue weighted by atomic mass is 9.89. The van der Waals surface area contributed by atoms with Crippen molar-refractivity contribution in [3.8, 4) is 0 Å². The third-order valence-corrected chi connectivity index (χ3v) is 19.2. The Bertz CT molecular complexity index is 1060. The van der Waals surface area contributed by atoms with Crippen LogP contribution in [0.5, 0.6) is 0 Å². The van der Waals surface area contributed by atoms with Gasteiger partial charge >= 0.3 is 0 Å². The summed E-state index contributed by atoms with van der Waals surface area (Å²) in [6.07, 6.45) is 14.2. The van der Waals surface area contributed by atoms with Crippen LogP contribution in [0.2, 0.25) is 36.3 Å². The topological polar surface area (TPSA) is 67.8 Å². The van der Waals surface area contributed by atoms with Gasteiger partial charge in [0.1, 0.15) is 0 Å². The summed E-state index contributed by atoms with van der Waals surface area (Å²) in [5.41, 5.74) is 1.33. The number of carbonyl (C=O) groups is 1. The third kappa shape index (κ3) is 12.0. The van der Waals surface area contributed by atoms with Gasteiger partial charge < -0.3 is 19.3 Å². The van der Waals surface area contributed by atoms with Crippen LogP contribution >= 0.6 is 0 Å². The molecule has 1 amide bonds. The molecule has 0 aliphatic heterocycles. The normalized spacial score (nSPS) is 22.6. The first kappa shape index (κ1) is 38.7. The SMILES string of the molecule is CCNC(=O)CCCC=CC[C@@H]1[C@@H](C=C[C@H](CCc2ccccc2)O[Si](C)(C)C(C)(C)C)[C@H](O[Si](C)(C)C(C)(C)C)C[C@@H]1O. The lowest BCUT2D eigenvalue weighted by Crippen LogP contribution is -2.45. The zero-order chi connectivity index (χ0) is 33.2. The Morgan fingerprint density at radius 2 is 1.66 bits per heavy atom. The number of hydrogen-bond donors (Lipinski definition) is 2. The summed E-state index contributed by atoms with van der Waals surface area (Å²) in [5.74, 6) is 0.314. The van der Waals surface area contributed by atoms with E-state index < -0.39 is 22.7 Å². The average Bonchev–Trinajstić information content (AvgIpc) is 3.19. The van der Waals surface area contributed by atoms with Crippen molar-refractivity contribution in [1.82, 2.24) is 5.32 Å². The van der Waals surface area contributed by atoms with E-state index in [1.54, 1.807) is 0 Å². The quantitative estimate of drug-likeness (QED) is 0.107. The van der Waals surface area contributed by atoms with Gasteiger partial charge in [-0.1, -0.05) is 96.2 Å². The van der Waals surface area contributed by atoms with Crippen LogP contribution in [0, 0.1) is 11.8 Å². The van der Waals surface area contributed by atoms with E-state index in [4.69, 9.17) is 8.85 Å². The number of aryl methyl sites for hydroxylation is 1. The molecule has 7 heteroatoms. The van der Waals surface area contributed by atoms with Gasteiger partial charge in [0.05, 0.1) is 18.3 Å². The zero-order valence-electron chi connectivity index (χ0n) is 29.9. The van der Waals surface area contributed by atoms with Crippen molar-refractivity contribution in [1.29, 1.82) is 0 Å². The van der Waals surface area contributed by atoms with Crippen molar-refractivity contribution in [2.75, 3.05) is 6.54 Å². The molecule has 1 aliphatic carbocycles. The molecule has 1 fully saturated rings. The van der Waals surface area contributed by atoms with Gasteiger partial charge in [0, 0.05) is 18.9 Å². The molecule has 2 N–H and O–H groups in total. The average molecular weight is 644 g/mol. The Morgan fingerprint density at radius 3 is 2.25 bits per heavy atom. The summed E-state index contributed by atoms with van der Waals surface area (Å²) < 4.78 is 14.0. The molecular weight excluding hydrogens is 579 g/mol. The predicted octanol–water partition coefficient (Wildman–Crippen LogP) is 9.21. The molecule has 5 atom stereocenters. The van der Waals surface area contributed by atoms with E-state index in [2.05, 4.69) is 128 Å². The highest BCUT2D eigenvalue weighted by molar-refractivity contribution is 6.74. The van der Waals surface area contributed by atoms with Crippen LogP contribution in [0.4, 0.5) is 0 Å². The highest BCUT2D eigenvalue weighted by Crippen LogP contribution is 2.44. The minimum absolute atomic E-state index is 0.00724. The minimum Gasteiger partial charge on any atom is -0.413 e. The first-order valence-electron chi connectivity index (χ1n) is 17.1. The number of hydrogen-bond acceptors (Lipinski definition) is 4. The molecule has 0 aromatic heterocycles. The fourth-order valence-corrected chi connectivity index (χ4v) is 8.03. The summed E-state index contributed by atoms with van der Waals surface area (Å²) in [5, 5.41) is 14.4. The molecule has 1 aromatic rings. The van der Waals surface area contributed by atoms with Gasteiger partial charge in [0.2, 0.25) is 5.91 Å². The van der Waals surface area contributed by atoms with Gasteiger partial charge in [-0.3, -0.25) is 4.79 Å². The Kier molecular flexibility index (Phi) is 14.8. The van der Waals surface area contributed by atoms with E-state index in [1.807, 2.05) is 6.92 Å². The first-order valence-corrected chi connectivity index (χ1v) is 22.9. The van der Waals surface area contributed by atoms with Crippen molar-refractivity contribution >= 4 is 22.5 Å². The second-order valence-corrected chi connectivity index (χ2v) is 25.4. The van der Waals surface area contributed by atoms with Crippen molar-refractivity contribution in [3.63, 3.8) is 0 Å². The Hall–Kier alpha value is -1.52. The molecule has 1 aliphatic rings. The van der Waals surface area contributed by atoms with Crippen LogP contribution in [0.1, 0.15) is 92.6 Å². The highest BCUT2D eigenvalue weighted by atomic mass is 28.4. The standard InChI is InChI=1S/C37H65NO4Si2/c1-12-38-35(40)23-19-14-13-18-22-31-32(34(28-33(31)39)42-44(10,11)37(5,6)7)27-26-30(41-43(8,9)36(2,3)4)25-24-29-20-16-15-17-21-29/h13,15-18,20-21,26-27,30-34,39H,12,14,19,22-25,28H2,1-11H3,(H,38,40)/t30-,31+,32+,33-,34+/m0/s1. The van der Waals surface area contributed by atoms with Crippen LogP contribution in [-0.2, 0) is 20.1 Å². The monoisotopic (exact) mass is 643 g/mol. The van der Waals surface area contributed by atoms with Gasteiger partial charge in [0.15, 0.2) is 16.6 Å². The molecule has 0 bridgehead atoms. The fraction of sp³-hybridized carbons (Fsp3) is 0.703. The molecule has 0 heterocycles. The summed E-state index contributed by atoms with van der Waals surface area (Å²) in [7, 11) is -4.05. The molecule has 2 rings (SSSR count). The fourth-order valence-electron chi connectivity index (χ4n) is 5.36. The van der Waals surface area contributed by atoms with Crippen LogP contribution in [0.25, 0.3) is 0 Å². The molecule has 44 heavy (non-hydrogen) atoms. The van der Waals surface area contributed by atoms with E-state index in [-0.39, 0.29) is 40.0 Å². The van der Waals surface area contributed by atoms with E-state index in [9.17, 15) is 9.90 Å². The van der Waals surface area contributed by atoms with E-state index in [1.165, 1.54) is 5.56 Å². The number of aliphatic hydroxyl groups is 1. The van der Waals surface area contributed by atoms with Gasteiger partial charge in [-0.15, -0.1) is 0 Å². The van der Waals surface area contributed by atoms with Crippen LogP contribution in [0.3, 0.4) is 0 Å². The summed E-state index contributed by atoms with van der Waals surface area (Å²) in [6, 6.07) is 10.7. The Labute approximate surface area is 272 Å². The van der Waals surface area contributed by atoms with Crippen molar-refractivity contribution in [3.05, 3.63) is 60.2 Å². The zero-order valence-corrected chi connectivity index (χ0v) is 31.9. The number of benzene rings is 1. The molecule has 250 valence electrons. The Morgan fingerprint density at radius 1 is 1.02 bits per heavy atom. The smallest absolute Gasteiger partial charge is 0.219 e. The summed E-state index contributed by atoms with van der Waals surface area (Å²) >= 11 is 0. The second kappa shape index (κ2) is 16.9. The molecule has 0 radical (unpaired) electrons. The van der Waals surface area contributed by atoms with Crippen molar-refractivity contribution in [2.45, 2.75) is 148 Å². The largest absolute Gasteiger partial charge is 0.413 e. The van der Waals surface area contributed by atoms with Crippen LogP contribution in [-0.4, -0.2) is 52.5 Å². The van der Waals surface area contributed by atoms with Crippen LogP contribution in [0.15, 0.2) is 54.6 Å². The van der Waals surface area contributed by atoms with Crippen molar-refractivity contribution < 1.29 is 18.8 Å². The van der Waals surface area contributed by atoms with Gasteiger partial charge in [-0.2, -0.15) is 0 Å². The summed E-state index contributed by atoms with van der Waals surface area (Å²) in [6.45, 7) is 25.6. The number of rotatable bonds is 16.